The third-order valence-corrected chi connectivity index (χ3v) is 0.608. The van der Waals surface area contributed by atoms with E-state index in [2.05, 4.69) is 9.47 Å². The fourth-order valence-electron chi connectivity index (χ4n) is 0.273. The minimum absolute atomic E-state index is 0.0834. The van der Waals surface area contributed by atoms with Crippen LogP contribution in [0.25, 0.3) is 0 Å². The maximum atomic E-state index is 7.44. The van der Waals surface area contributed by atoms with Crippen LogP contribution in [0.3, 0.4) is 0 Å². The van der Waals surface area contributed by atoms with Crippen LogP contribution in [0.2, 0.25) is 0 Å². The van der Waals surface area contributed by atoms with Crippen molar-refractivity contribution in [3.05, 3.63) is 0 Å². The van der Waals surface area contributed by atoms with Crippen LogP contribution in [0.15, 0.2) is 0 Å². The van der Waals surface area contributed by atoms with Gasteiger partial charge in [-0.2, -0.15) is 0 Å². The molecule has 0 aliphatic carbocycles. The summed E-state index contributed by atoms with van der Waals surface area (Å²) in [5.41, 5.74) is 0. The smallest absolute Gasteiger partial charge is 0.0577 e. The molecule has 64 valence electrons. The Bertz CT molecular complexity index is 368. The Hall–Kier alpha value is -0.520. The molecular weight excluding hydrogens is 142 g/mol. The average molecular weight is 166 g/mol. The molecule has 0 N–H and O–H groups in total. The van der Waals surface area contributed by atoms with E-state index < -0.39 is 25.9 Å². The van der Waals surface area contributed by atoms with Crippen molar-refractivity contribution in [1.29, 1.82) is 0 Å². The lowest BCUT2D eigenvalue weighted by Gasteiger charge is -1.92. The van der Waals surface area contributed by atoms with Crippen molar-refractivity contribution in [1.82, 2.24) is 0 Å². The molecule has 0 fully saturated rings. The van der Waals surface area contributed by atoms with Gasteiger partial charge in [0.25, 0.3) is 0 Å². The highest BCUT2D eigenvalue weighted by Gasteiger charge is 1.79. The maximum Gasteiger partial charge on any atom is 0.0577 e. The molecule has 0 spiro atoms. The molecule has 0 saturated carbocycles. The van der Waals surface area contributed by atoms with E-state index in [4.69, 9.17) is 11.0 Å². The first-order valence-electron chi connectivity index (χ1n) is 7.06. The summed E-state index contributed by atoms with van der Waals surface area (Å²) < 4.78 is 67.7. The molecule has 0 amide bonds. The van der Waals surface area contributed by atoms with Crippen molar-refractivity contribution in [2.45, 2.75) is 19.7 Å². The maximum absolute atomic E-state index is 7.44. The minimum atomic E-state index is -2.79. The molecule has 0 aliphatic heterocycles. The third kappa shape index (κ3) is 9.48. The van der Waals surface area contributed by atoms with Gasteiger partial charge in [0, 0.05) is 31.9 Å². The normalized spacial score (nSPS) is 24.9. The molecule has 11 heavy (non-hydrogen) atoms. The lowest BCUT2D eigenvalue weighted by molar-refractivity contribution is 0.154. The highest BCUT2D eigenvalue weighted by atomic mass is 16.5. The van der Waals surface area contributed by atoms with Gasteiger partial charge in [-0.25, -0.2) is 0 Å². The standard InChI is InChI=1S/C9H16O2/c1-3-11-9-7-5-4-6-8-10-2/h3,6-9H2,1-2H3/i4+1,5+1,6D2,7D2,8D2,9D2. The van der Waals surface area contributed by atoms with E-state index in [1.54, 1.807) is 11.8 Å². The third-order valence-electron chi connectivity index (χ3n) is 0.608. The fraction of sp³-hybridized carbons (Fsp3) is 0.778. The molecule has 2 nitrogen and oxygen atoms in total. The molecule has 0 aromatic rings. The van der Waals surface area contributed by atoms with E-state index in [1.165, 1.54) is 6.92 Å². The van der Waals surface area contributed by atoms with Gasteiger partial charge in [0.15, 0.2) is 0 Å². The van der Waals surface area contributed by atoms with Crippen molar-refractivity contribution in [3.63, 3.8) is 0 Å². The molecule has 0 bridgehead atoms. The Morgan fingerprint density at radius 3 is 2.45 bits per heavy atom. The summed E-state index contributed by atoms with van der Waals surface area (Å²) in [6.07, 6.45) is -5.59. The van der Waals surface area contributed by atoms with Crippen molar-refractivity contribution in [2.24, 2.45) is 0 Å². The van der Waals surface area contributed by atoms with Gasteiger partial charge in [-0.1, -0.05) is 0 Å². The number of methoxy groups -OCH3 is 1. The largest absolute Gasteiger partial charge is 0.384 e. The lowest BCUT2D eigenvalue weighted by Crippen LogP contribution is -1.91. The average Bonchev–Trinajstić information content (AvgIpc) is 2.26. The molecule has 0 saturated heterocycles. The van der Waals surface area contributed by atoms with Gasteiger partial charge < -0.3 is 9.47 Å². The van der Waals surface area contributed by atoms with Gasteiger partial charge in [0.2, 0.25) is 0 Å². The highest BCUT2D eigenvalue weighted by Crippen LogP contribution is 1.81. The summed E-state index contributed by atoms with van der Waals surface area (Å²) in [4.78, 5) is 0. The Morgan fingerprint density at radius 1 is 1.27 bits per heavy atom. The lowest BCUT2D eigenvalue weighted by atomic mass is 10.6. The molecular formula is C9H16O2. The summed E-state index contributed by atoms with van der Waals surface area (Å²) in [5.74, 6) is 3.50. The van der Waals surface area contributed by atoms with E-state index >= 15 is 0 Å². The molecule has 0 unspecified atom stereocenters. The summed E-state index contributed by atoms with van der Waals surface area (Å²) in [7, 11) is 0.952. The zero-order valence-electron chi connectivity index (χ0n) is 14.5. The van der Waals surface area contributed by atoms with Crippen LogP contribution in [-0.4, -0.2) is 26.8 Å². The first kappa shape index (κ1) is 3.08. The minimum Gasteiger partial charge on any atom is -0.384 e. The summed E-state index contributed by atoms with van der Waals surface area (Å²) in [6, 6.07) is 0. The van der Waals surface area contributed by atoms with Gasteiger partial charge in [-0.3, -0.25) is 0 Å². The first-order valence-corrected chi connectivity index (χ1v) is 3.06. The second kappa shape index (κ2) is 9.48. The van der Waals surface area contributed by atoms with Crippen molar-refractivity contribution < 1.29 is 20.4 Å². The summed E-state index contributed by atoms with van der Waals surface area (Å²) in [5, 5.41) is 0. The molecule has 0 aromatic heterocycles. The van der Waals surface area contributed by atoms with Crippen LogP contribution >= 0.6 is 0 Å². The van der Waals surface area contributed by atoms with E-state index in [0.29, 0.717) is 0 Å². The topological polar surface area (TPSA) is 18.5 Å². The molecule has 0 radical (unpaired) electrons. The van der Waals surface area contributed by atoms with Gasteiger partial charge in [-0.15, -0.1) is 11.8 Å². The Morgan fingerprint density at radius 2 is 1.91 bits per heavy atom. The Kier molecular flexibility index (Phi) is 2.66. The molecule has 0 aromatic carbocycles. The zero-order valence-corrected chi connectivity index (χ0v) is 6.52. The van der Waals surface area contributed by atoms with E-state index in [0.717, 1.165) is 7.11 Å². The summed E-state index contributed by atoms with van der Waals surface area (Å²) in [6.45, 7) is -4.08. The van der Waals surface area contributed by atoms with E-state index in [9.17, 15) is 0 Å². The quantitative estimate of drug-likeness (QED) is 0.454. The SMILES string of the molecule is [2H]C([2H])([13C]#[13C]C([2H])([2H])C([2H])([2H])OCC)C([2H])([2H])OC. The molecule has 0 aliphatic rings. The van der Waals surface area contributed by atoms with Gasteiger partial charge in [0.05, 0.1) is 18.6 Å². The zero-order chi connectivity index (χ0) is 15.5. The van der Waals surface area contributed by atoms with Crippen LogP contribution in [0.4, 0.5) is 0 Å². The van der Waals surface area contributed by atoms with Crippen molar-refractivity contribution in [2.75, 3.05) is 26.8 Å². The second-order valence-electron chi connectivity index (χ2n) is 1.34. The van der Waals surface area contributed by atoms with Gasteiger partial charge in [0.1, 0.15) is 0 Å². The Balaban J connectivity index is 5.31. The molecule has 0 atom stereocenters. The monoisotopic (exact) mass is 166 g/mol. The predicted octanol–water partition coefficient (Wildman–Crippen LogP) is 1.45. The highest BCUT2D eigenvalue weighted by molar-refractivity contribution is 4.98. The number of ether oxygens (including phenoxy) is 2. The van der Waals surface area contributed by atoms with Crippen LogP contribution in [-0.2, 0) is 9.47 Å². The molecule has 0 rings (SSSR count). The van der Waals surface area contributed by atoms with Gasteiger partial charge in [-0.05, 0) is 6.92 Å². The van der Waals surface area contributed by atoms with E-state index in [-0.39, 0.29) is 6.61 Å². The molecule has 0 heterocycles. The Labute approximate surface area is 80.1 Å². The van der Waals surface area contributed by atoms with Crippen LogP contribution in [0, 0.1) is 11.8 Å². The predicted molar refractivity (Wildman–Crippen MR) is 45.4 cm³/mol. The van der Waals surface area contributed by atoms with Crippen LogP contribution < -0.4 is 0 Å². The number of rotatable bonds is 5. The van der Waals surface area contributed by atoms with Crippen LogP contribution in [0.5, 0.6) is 0 Å². The van der Waals surface area contributed by atoms with Crippen LogP contribution in [0.1, 0.15) is 30.6 Å². The second-order valence-corrected chi connectivity index (χ2v) is 1.34. The number of hydrogen-bond acceptors (Lipinski definition) is 2. The van der Waals surface area contributed by atoms with Gasteiger partial charge >= 0.3 is 0 Å². The van der Waals surface area contributed by atoms with E-state index in [1.807, 2.05) is 0 Å². The van der Waals surface area contributed by atoms with Crippen molar-refractivity contribution >= 4 is 0 Å². The molecule has 2 heteroatoms. The fourth-order valence-corrected chi connectivity index (χ4v) is 0.273. The number of hydrogen-bond donors (Lipinski definition) is 0. The van der Waals surface area contributed by atoms with Crippen molar-refractivity contribution in [3.8, 4) is 11.8 Å². The first-order chi connectivity index (χ1) is 8.33. The summed E-state index contributed by atoms with van der Waals surface area (Å²) >= 11 is 0.